The van der Waals surface area contributed by atoms with E-state index in [-0.39, 0.29) is 5.69 Å². The van der Waals surface area contributed by atoms with E-state index in [1.165, 1.54) is 17.6 Å². The van der Waals surface area contributed by atoms with E-state index in [0.717, 1.165) is 23.4 Å². The van der Waals surface area contributed by atoms with Crippen LogP contribution in [-0.2, 0) is 16.3 Å². The average Bonchev–Trinajstić information content (AvgIpc) is 3.04. The number of halogens is 2. The largest absolute Gasteiger partial charge is 0.364 e. The van der Waals surface area contributed by atoms with Gasteiger partial charge in [0, 0.05) is 50.2 Å². The molecule has 0 unspecified atom stereocenters. The molecule has 2 heterocycles. The molecule has 13 heteroatoms. The Bertz CT molecular complexity index is 999. The van der Waals surface area contributed by atoms with Crippen LogP contribution in [0.15, 0.2) is 23.1 Å². The molecular formula is C16H19F2N5O4S2. The minimum Gasteiger partial charge on any atom is -0.364 e. The Labute approximate surface area is 170 Å². The van der Waals surface area contributed by atoms with Gasteiger partial charge in [-0.15, -0.1) is 0 Å². The highest BCUT2D eigenvalue weighted by molar-refractivity contribution is 7.91. The van der Waals surface area contributed by atoms with Gasteiger partial charge in [0.1, 0.15) is 11.5 Å². The molecule has 3 rings (SSSR count). The van der Waals surface area contributed by atoms with Crippen LogP contribution in [0, 0.1) is 10.1 Å². The standard InChI is InChI=1S/C16H19F2N5O4S2/c1-2-14-19-16(28-20-14)22-7-3-6-21(8-9-22)12-5-4-11(10-13(12)23(24)25)29(26,27)15(17)18/h4-5,10,15H,2-3,6-9H2,1H3. The van der Waals surface area contributed by atoms with Gasteiger partial charge in [0.25, 0.3) is 5.69 Å². The van der Waals surface area contributed by atoms with Crippen molar-refractivity contribution < 1.29 is 22.1 Å². The first kappa shape index (κ1) is 21.3. The van der Waals surface area contributed by atoms with Gasteiger partial charge in [-0.1, -0.05) is 6.92 Å². The first-order valence-electron chi connectivity index (χ1n) is 8.87. The van der Waals surface area contributed by atoms with Crippen molar-refractivity contribution in [3.05, 3.63) is 34.1 Å². The summed E-state index contributed by atoms with van der Waals surface area (Å²) in [7, 11) is -4.91. The summed E-state index contributed by atoms with van der Waals surface area (Å²) in [6.45, 7) is 4.14. The van der Waals surface area contributed by atoms with Gasteiger partial charge in [-0.25, -0.2) is 13.4 Å². The topological polar surface area (TPSA) is 110 Å². The van der Waals surface area contributed by atoms with Crippen LogP contribution >= 0.6 is 11.5 Å². The van der Waals surface area contributed by atoms with E-state index >= 15 is 0 Å². The molecule has 1 aliphatic rings. The summed E-state index contributed by atoms with van der Waals surface area (Å²) in [5.74, 6) is -2.88. The second-order valence-electron chi connectivity index (χ2n) is 6.39. The molecule has 1 aromatic carbocycles. The van der Waals surface area contributed by atoms with E-state index in [2.05, 4.69) is 14.3 Å². The molecule has 0 aliphatic carbocycles. The highest BCUT2D eigenvalue weighted by Crippen LogP contribution is 2.33. The molecule has 0 spiro atoms. The van der Waals surface area contributed by atoms with Gasteiger partial charge in [-0.3, -0.25) is 10.1 Å². The number of nitro groups is 1. The van der Waals surface area contributed by atoms with Crippen molar-refractivity contribution in [1.82, 2.24) is 9.36 Å². The minimum absolute atomic E-state index is 0.205. The lowest BCUT2D eigenvalue weighted by Crippen LogP contribution is -2.31. The van der Waals surface area contributed by atoms with Gasteiger partial charge in [0.2, 0.25) is 15.0 Å². The van der Waals surface area contributed by atoms with Crippen LogP contribution < -0.4 is 9.80 Å². The summed E-state index contributed by atoms with van der Waals surface area (Å²) in [5, 5.41) is 12.3. The maximum atomic E-state index is 12.8. The summed E-state index contributed by atoms with van der Waals surface area (Å²) in [5.41, 5.74) is -0.305. The molecular weight excluding hydrogens is 428 g/mol. The second-order valence-corrected chi connectivity index (χ2v) is 9.04. The zero-order valence-corrected chi connectivity index (χ0v) is 17.1. The zero-order chi connectivity index (χ0) is 21.2. The molecule has 1 aliphatic heterocycles. The Kier molecular flexibility index (Phi) is 6.27. The fourth-order valence-corrected chi connectivity index (χ4v) is 4.60. The number of aryl methyl sites for hydroxylation is 1. The summed E-state index contributed by atoms with van der Waals surface area (Å²) < 4.78 is 53.2. The van der Waals surface area contributed by atoms with Gasteiger partial charge in [0.05, 0.1) is 9.82 Å². The number of hydrogen-bond donors (Lipinski definition) is 0. The third kappa shape index (κ3) is 4.45. The molecule has 0 bridgehead atoms. The quantitative estimate of drug-likeness (QED) is 0.491. The van der Waals surface area contributed by atoms with E-state index < -0.39 is 31.1 Å². The molecule has 1 saturated heterocycles. The van der Waals surface area contributed by atoms with Crippen LogP contribution in [-0.4, -0.2) is 54.6 Å². The Hall–Kier alpha value is -2.41. The van der Waals surface area contributed by atoms with Crippen molar-refractivity contribution in [2.75, 3.05) is 36.0 Å². The molecule has 2 aromatic rings. The molecule has 9 nitrogen and oxygen atoms in total. The summed E-state index contributed by atoms with van der Waals surface area (Å²) in [6, 6.07) is 2.92. The van der Waals surface area contributed by atoms with Crippen molar-refractivity contribution in [2.45, 2.75) is 30.4 Å². The van der Waals surface area contributed by atoms with Gasteiger partial charge < -0.3 is 9.80 Å². The van der Waals surface area contributed by atoms with E-state index in [1.807, 2.05) is 6.92 Å². The Morgan fingerprint density at radius 1 is 1.24 bits per heavy atom. The van der Waals surface area contributed by atoms with Gasteiger partial charge >= 0.3 is 5.76 Å². The minimum atomic E-state index is -4.91. The molecule has 0 amide bonds. The van der Waals surface area contributed by atoms with Crippen molar-refractivity contribution >= 4 is 37.9 Å². The number of rotatable bonds is 6. The van der Waals surface area contributed by atoms with Crippen LogP contribution in [0.3, 0.4) is 0 Å². The number of nitrogens with zero attached hydrogens (tertiary/aromatic N) is 5. The summed E-state index contributed by atoms with van der Waals surface area (Å²) >= 11 is 1.30. The van der Waals surface area contributed by atoms with Crippen LogP contribution in [0.4, 0.5) is 25.3 Å². The van der Waals surface area contributed by atoms with Crippen molar-refractivity contribution in [3.63, 3.8) is 0 Å². The number of sulfone groups is 1. The number of hydrogen-bond acceptors (Lipinski definition) is 9. The predicted molar refractivity (Wildman–Crippen MR) is 105 cm³/mol. The van der Waals surface area contributed by atoms with Crippen molar-refractivity contribution in [2.24, 2.45) is 0 Å². The number of nitro benzene ring substituents is 1. The smallest absolute Gasteiger partial charge is 0.341 e. The van der Waals surface area contributed by atoms with E-state index in [9.17, 15) is 27.3 Å². The molecule has 1 aromatic heterocycles. The number of aromatic nitrogens is 2. The van der Waals surface area contributed by atoms with Crippen LogP contribution in [0.5, 0.6) is 0 Å². The lowest BCUT2D eigenvalue weighted by Gasteiger charge is -2.23. The third-order valence-corrected chi connectivity index (χ3v) is 6.78. The lowest BCUT2D eigenvalue weighted by molar-refractivity contribution is -0.384. The van der Waals surface area contributed by atoms with Crippen molar-refractivity contribution in [1.29, 1.82) is 0 Å². The molecule has 0 saturated carbocycles. The Morgan fingerprint density at radius 2 is 1.93 bits per heavy atom. The van der Waals surface area contributed by atoms with Crippen molar-refractivity contribution in [3.8, 4) is 0 Å². The average molecular weight is 447 g/mol. The monoisotopic (exact) mass is 447 g/mol. The predicted octanol–water partition coefficient (Wildman–Crippen LogP) is 2.72. The van der Waals surface area contributed by atoms with Gasteiger partial charge in [0.15, 0.2) is 0 Å². The van der Waals surface area contributed by atoms with E-state index in [4.69, 9.17) is 0 Å². The molecule has 0 N–H and O–H groups in total. The SMILES string of the molecule is CCc1nsc(N2CCCN(c3ccc(S(=O)(=O)C(F)F)cc3[N+](=O)[O-])CC2)n1. The lowest BCUT2D eigenvalue weighted by atomic mass is 10.2. The van der Waals surface area contributed by atoms with Crippen LogP contribution in [0.2, 0.25) is 0 Å². The van der Waals surface area contributed by atoms with Gasteiger partial charge in [-0.05, 0) is 18.6 Å². The third-order valence-electron chi connectivity index (χ3n) is 4.59. The molecule has 1 fully saturated rings. The highest BCUT2D eigenvalue weighted by Gasteiger charge is 2.31. The zero-order valence-electron chi connectivity index (χ0n) is 15.5. The molecule has 0 radical (unpaired) electrons. The molecule has 29 heavy (non-hydrogen) atoms. The molecule has 0 atom stereocenters. The number of anilines is 2. The Morgan fingerprint density at radius 3 is 2.55 bits per heavy atom. The van der Waals surface area contributed by atoms with E-state index in [1.54, 1.807) is 4.90 Å². The number of benzene rings is 1. The normalized spacial score (nSPS) is 15.6. The second kappa shape index (κ2) is 8.53. The van der Waals surface area contributed by atoms with Crippen LogP contribution in [0.1, 0.15) is 19.2 Å². The fourth-order valence-electron chi connectivity index (χ4n) is 3.06. The van der Waals surface area contributed by atoms with Crippen LogP contribution in [0.25, 0.3) is 0 Å². The Balaban J connectivity index is 1.85. The number of alkyl halides is 2. The van der Waals surface area contributed by atoms with Gasteiger partial charge in [-0.2, -0.15) is 13.2 Å². The fraction of sp³-hybridized carbons (Fsp3) is 0.500. The first-order valence-corrected chi connectivity index (χ1v) is 11.2. The van der Waals surface area contributed by atoms with E-state index in [0.29, 0.717) is 38.7 Å². The maximum Gasteiger partial charge on any atom is 0.341 e. The summed E-state index contributed by atoms with van der Waals surface area (Å²) in [4.78, 5) is 18.3. The molecule has 158 valence electrons. The summed E-state index contributed by atoms with van der Waals surface area (Å²) in [6.07, 6.45) is 1.42. The first-order chi connectivity index (χ1) is 13.7. The highest BCUT2D eigenvalue weighted by atomic mass is 32.2. The maximum absolute atomic E-state index is 12.8.